The van der Waals surface area contributed by atoms with Gasteiger partial charge in [0, 0.05) is 6.54 Å². The molecule has 1 aromatic rings. The number of aliphatic hydroxyl groups is 1. The minimum atomic E-state index is -0.191. The van der Waals surface area contributed by atoms with Gasteiger partial charge in [0.05, 0.1) is 32.3 Å². The molecule has 2 aliphatic rings. The second-order valence-corrected chi connectivity index (χ2v) is 5.99. The molecular formula is C17H23NO3. The first-order valence-electron chi connectivity index (χ1n) is 7.86. The Hall–Kier alpha value is -1.39. The summed E-state index contributed by atoms with van der Waals surface area (Å²) in [6.07, 6.45) is 5.25. The molecule has 1 heterocycles. The molecular weight excluding hydrogens is 266 g/mol. The number of aliphatic hydroxyl groups excluding tert-OH is 1. The van der Waals surface area contributed by atoms with E-state index < -0.39 is 0 Å². The fourth-order valence-corrected chi connectivity index (χ4v) is 3.31. The lowest BCUT2D eigenvalue weighted by molar-refractivity contribution is -0.140. The molecule has 1 fully saturated rings. The zero-order chi connectivity index (χ0) is 14.7. The third-order valence-electron chi connectivity index (χ3n) is 4.53. The minimum absolute atomic E-state index is 0.0318. The lowest BCUT2D eigenvalue weighted by atomic mass is 9.90. The van der Waals surface area contributed by atoms with Gasteiger partial charge in [-0.25, -0.2) is 0 Å². The van der Waals surface area contributed by atoms with Crippen LogP contribution < -0.4 is 0 Å². The Kier molecular flexibility index (Phi) is 4.56. The predicted octanol–water partition coefficient (Wildman–Crippen LogP) is 1.33. The summed E-state index contributed by atoms with van der Waals surface area (Å²) < 4.78 is 5.32. The zero-order valence-electron chi connectivity index (χ0n) is 12.4. The van der Waals surface area contributed by atoms with Crippen LogP contribution in [-0.2, 0) is 28.8 Å². The Morgan fingerprint density at radius 2 is 2.10 bits per heavy atom. The topological polar surface area (TPSA) is 49.8 Å². The van der Waals surface area contributed by atoms with E-state index in [2.05, 4.69) is 18.2 Å². The summed E-state index contributed by atoms with van der Waals surface area (Å²) in [4.78, 5) is 14.2. The van der Waals surface area contributed by atoms with Crippen LogP contribution in [0.25, 0.3) is 0 Å². The van der Waals surface area contributed by atoms with Crippen LogP contribution in [0.4, 0.5) is 0 Å². The van der Waals surface area contributed by atoms with Crippen LogP contribution in [0.1, 0.15) is 29.5 Å². The lowest BCUT2D eigenvalue weighted by Gasteiger charge is -2.34. The number of nitrogens with zero attached hydrogens (tertiary/aromatic N) is 1. The van der Waals surface area contributed by atoms with E-state index >= 15 is 0 Å². The maximum atomic E-state index is 12.5. The average Bonchev–Trinajstić information content (AvgIpc) is 2.54. The number of hydrogen-bond acceptors (Lipinski definition) is 3. The Morgan fingerprint density at radius 1 is 1.29 bits per heavy atom. The molecule has 0 aromatic heterocycles. The van der Waals surface area contributed by atoms with E-state index in [1.807, 2.05) is 0 Å². The van der Waals surface area contributed by atoms with Gasteiger partial charge < -0.3 is 14.7 Å². The Morgan fingerprint density at radius 3 is 2.90 bits per heavy atom. The highest BCUT2D eigenvalue weighted by Crippen LogP contribution is 2.23. The number of aryl methyl sites for hydroxylation is 2. The quantitative estimate of drug-likeness (QED) is 0.913. The van der Waals surface area contributed by atoms with Crippen LogP contribution in [0.3, 0.4) is 0 Å². The Bertz CT molecular complexity index is 515. The van der Waals surface area contributed by atoms with E-state index in [1.54, 1.807) is 4.90 Å². The molecule has 0 radical (unpaired) electrons. The molecule has 1 aromatic carbocycles. The van der Waals surface area contributed by atoms with Crippen molar-refractivity contribution in [2.75, 3.05) is 26.4 Å². The maximum absolute atomic E-state index is 12.5. The number of morpholine rings is 1. The van der Waals surface area contributed by atoms with Gasteiger partial charge in [0.2, 0.25) is 5.91 Å². The fourth-order valence-electron chi connectivity index (χ4n) is 3.31. The molecule has 1 aliphatic heterocycles. The molecule has 0 saturated carbocycles. The molecule has 1 aliphatic carbocycles. The van der Waals surface area contributed by atoms with Crippen molar-refractivity contribution in [2.45, 2.75) is 38.1 Å². The van der Waals surface area contributed by atoms with Crippen molar-refractivity contribution in [3.63, 3.8) is 0 Å². The van der Waals surface area contributed by atoms with E-state index in [0.717, 1.165) is 12.0 Å². The summed E-state index contributed by atoms with van der Waals surface area (Å²) in [7, 11) is 0. The molecule has 114 valence electrons. The number of benzene rings is 1. The average molecular weight is 289 g/mol. The van der Waals surface area contributed by atoms with Crippen LogP contribution in [0.5, 0.6) is 0 Å². The highest BCUT2D eigenvalue weighted by Gasteiger charge is 2.26. The van der Waals surface area contributed by atoms with E-state index in [4.69, 9.17) is 4.74 Å². The number of carbonyl (C=O) groups is 1. The lowest BCUT2D eigenvalue weighted by Crippen LogP contribution is -2.51. The molecule has 0 spiro atoms. The Labute approximate surface area is 125 Å². The molecule has 4 nitrogen and oxygen atoms in total. The van der Waals surface area contributed by atoms with Crippen molar-refractivity contribution in [1.29, 1.82) is 0 Å². The van der Waals surface area contributed by atoms with Gasteiger partial charge in [-0.05, 0) is 42.4 Å². The molecule has 1 N–H and O–H groups in total. The van der Waals surface area contributed by atoms with Gasteiger partial charge in [0.1, 0.15) is 0 Å². The van der Waals surface area contributed by atoms with Crippen LogP contribution in [0, 0.1) is 0 Å². The van der Waals surface area contributed by atoms with Gasteiger partial charge in [0.25, 0.3) is 0 Å². The maximum Gasteiger partial charge on any atom is 0.227 e. The minimum Gasteiger partial charge on any atom is -0.394 e. The summed E-state index contributed by atoms with van der Waals surface area (Å²) in [5.41, 5.74) is 3.94. The number of ether oxygens (including phenoxy) is 1. The van der Waals surface area contributed by atoms with E-state index in [1.165, 1.54) is 30.4 Å². The third-order valence-corrected chi connectivity index (χ3v) is 4.53. The fraction of sp³-hybridized carbons (Fsp3) is 0.588. The molecule has 21 heavy (non-hydrogen) atoms. The molecule has 1 atom stereocenters. The monoisotopic (exact) mass is 289 g/mol. The molecule has 4 heteroatoms. The van der Waals surface area contributed by atoms with Crippen molar-refractivity contribution in [1.82, 2.24) is 4.90 Å². The second kappa shape index (κ2) is 6.58. The number of carbonyl (C=O) groups excluding carboxylic acids is 1. The summed E-state index contributed by atoms with van der Waals surface area (Å²) in [6, 6.07) is 6.26. The summed E-state index contributed by atoms with van der Waals surface area (Å²) in [5.74, 6) is 0.0908. The van der Waals surface area contributed by atoms with Gasteiger partial charge >= 0.3 is 0 Å². The van der Waals surface area contributed by atoms with Crippen molar-refractivity contribution < 1.29 is 14.6 Å². The SMILES string of the molecule is O=C(Cc1ccc2c(c1)CCCC2)N1CCOCC1CO. The largest absolute Gasteiger partial charge is 0.394 e. The zero-order valence-corrected chi connectivity index (χ0v) is 12.4. The molecule has 3 rings (SSSR count). The van der Waals surface area contributed by atoms with E-state index in [0.29, 0.717) is 26.2 Å². The normalized spacial score (nSPS) is 22.0. The number of fused-ring (bicyclic) bond motifs is 1. The van der Waals surface area contributed by atoms with Crippen LogP contribution in [0.2, 0.25) is 0 Å². The van der Waals surface area contributed by atoms with Gasteiger partial charge in [-0.15, -0.1) is 0 Å². The Balaban J connectivity index is 1.69. The number of amides is 1. The van der Waals surface area contributed by atoms with Gasteiger partial charge in [-0.2, -0.15) is 0 Å². The number of rotatable bonds is 3. The van der Waals surface area contributed by atoms with E-state index in [9.17, 15) is 9.90 Å². The molecule has 1 unspecified atom stereocenters. The predicted molar refractivity (Wildman–Crippen MR) is 80.2 cm³/mol. The first-order valence-corrected chi connectivity index (χ1v) is 7.86. The molecule has 0 bridgehead atoms. The summed E-state index contributed by atoms with van der Waals surface area (Å²) >= 11 is 0. The van der Waals surface area contributed by atoms with Gasteiger partial charge in [0.15, 0.2) is 0 Å². The van der Waals surface area contributed by atoms with Crippen LogP contribution in [0.15, 0.2) is 18.2 Å². The third kappa shape index (κ3) is 3.27. The van der Waals surface area contributed by atoms with Crippen LogP contribution in [-0.4, -0.2) is 48.3 Å². The standard InChI is InChI=1S/C17H23NO3/c19-11-16-12-21-8-7-18(16)17(20)10-13-5-6-14-3-1-2-4-15(14)9-13/h5-6,9,16,19H,1-4,7-8,10-12H2. The summed E-state index contributed by atoms with van der Waals surface area (Å²) in [5, 5.41) is 9.36. The highest BCUT2D eigenvalue weighted by molar-refractivity contribution is 5.79. The first kappa shape index (κ1) is 14.5. The first-order chi connectivity index (χ1) is 10.3. The molecule has 1 saturated heterocycles. The van der Waals surface area contributed by atoms with Gasteiger partial charge in [-0.3, -0.25) is 4.79 Å². The number of hydrogen-bond donors (Lipinski definition) is 1. The molecule has 1 amide bonds. The van der Waals surface area contributed by atoms with Gasteiger partial charge in [-0.1, -0.05) is 18.2 Å². The van der Waals surface area contributed by atoms with Crippen molar-refractivity contribution in [3.05, 3.63) is 34.9 Å². The van der Waals surface area contributed by atoms with Crippen LogP contribution >= 0.6 is 0 Å². The second-order valence-electron chi connectivity index (χ2n) is 5.99. The van der Waals surface area contributed by atoms with Crippen molar-refractivity contribution in [3.8, 4) is 0 Å². The van der Waals surface area contributed by atoms with Crippen molar-refractivity contribution in [2.24, 2.45) is 0 Å². The highest BCUT2D eigenvalue weighted by atomic mass is 16.5. The van der Waals surface area contributed by atoms with Crippen molar-refractivity contribution >= 4 is 5.91 Å². The van der Waals surface area contributed by atoms with E-state index in [-0.39, 0.29) is 18.6 Å². The summed E-state index contributed by atoms with van der Waals surface area (Å²) in [6.45, 7) is 1.55. The smallest absolute Gasteiger partial charge is 0.227 e.